The molecule has 0 saturated carbocycles. The number of rotatable bonds is 1. The lowest BCUT2D eigenvalue weighted by Crippen LogP contribution is -1.93. The molecule has 1 N–H and O–H groups in total. The van der Waals surface area contributed by atoms with Crippen LogP contribution in [0.25, 0.3) is 5.57 Å². The third-order valence-electron chi connectivity index (χ3n) is 2.01. The summed E-state index contributed by atoms with van der Waals surface area (Å²) < 4.78 is 0. The van der Waals surface area contributed by atoms with Gasteiger partial charge in [-0.05, 0) is 29.9 Å². The van der Waals surface area contributed by atoms with E-state index in [1.54, 1.807) is 11.3 Å². The summed E-state index contributed by atoms with van der Waals surface area (Å²) in [7, 11) is 0. The van der Waals surface area contributed by atoms with Crippen LogP contribution in [-0.4, -0.2) is 11.2 Å². The fraction of sp³-hybridized carbons (Fsp3) is 0.333. The molecule has 0 radical (unpaired) electrons. The smallest absolute Gasteiger partial charge is 0.0730 e. The van der Waals surface area contributed by atoms with Gasteiger partial charge in [0.2, 0.25) is 0 Å². The monoisotopic (exact) mass is 200 g/mol. The average molecular weight is 201 g/mol. The van der Waals surface area contributed by atoms with Crippen LogP contribution in [0.5, 0.6) is 0 Å². The summed E-state index contributed by atoms with van der Waals surface area (Å²) in [5.41, 5.74) is 1.20. The van der Waals surface area contributed by atoms with Crippen LogP contribution in [0.3, 0.4) is 0 Å². The molecule has 1 aromatic rings. The highest BCUT2D eigenvalue weighted by Crippen LogP contribution is 2.35. The first-order valence-electron chi connectivity index (χ1n) is 3.89. The zero-order valence-electron chi connectivity index (χ0n) is 6.46. The number of hydrogen-bond donors (Lipinski definition) is 1. The zero-order valence-corrected chi connectivity index (χ0v) is 8.03. The number of thiophene rings is 1. The number of allylic oxidation sites excluding steroid dienone is 1. The molecule has 1 nitrogen and oxygen atoms in total. The molecule has 1 aliphatic carbocycles. The van der Waals surface area contributed by atoms with E-state index < -0.39 is 0 Å². The number of aliphatic hydroxyl groups is 1. The van der Waals surface area contributed by atoms with Crippen molar-refractivity contribution in [3.05, 3.63) is 27.4 Å². The summed E-state index contributed by atoms with van der Waals surface area (Å²) in [4.78, 5) is 1.12. The summed E-state index contributed by atoms with van der Waals surface area (Å²) in [6, 6.07) is 1.90. The van der Waals surface area contributed by atoms with Crippen molar-refractivity contribution in [2.75, 3.05) is 0 Å². The zero-order chi connectivity index (χ0) is 8.55. The van der Waals surface area contributed by atoms with Gasteiger partial charge in [0, 0.05) is 4.88 Å². The third-order valence-corrected chi connectivity index (χ3v) is 3.43. The van der Waals surface area contributed by atoms with Gasteiger partial charge in [-0.25, -0.2) is 0 Å². The van der Waals surface area contributed by atoms with Gasteiger partial charge in [0.05, 0.1) is 11.1 Å². The topological polar surface area (TPSA) is 20.2 Å². The van der Waals surface area contributed by atoms with E-state index in [0.717, 1.165) is 22.7 Å². The third kappa shape index (κ3) is 1.42. The first-order chi connectivity index (χ1) is 5.77. The number of hydrogen-bond acceptors (Lipinski definition) is 2. The molecule has 0 fully saturated rings. The molecule has 2 rings (SSSR count). The van der Waals surface area contributed by atoms with Crippen LogP contribution < -0.4 is 0 Å². The van der Waals surface area contributed by atoms with Crippen LogP contribution in [0.2, 0.25) is 5.02 Å². The van der Waals surface area contributed by atoms with E-state index >= 15 is 0 Å². The molecule has 0 bridgehead atoms. The molecule has 1 heterocycles. The van der Waals surface area contributed by atoms with E-state index in [2.05, 4.69) is 0 Å². The molecule has 12 heavy (non-hydrogen) atoms. The molecule has 0 aliphatic heterocycles. The van der Waals surface area contributed by atoms with Gasteiger partial charge in [-0.2, -0.15) is 0 Å². The highest BCUT2D eigenvalue weighted by molar-refractivity contribution is 7.11. The second kappa shape index (κ2) is 3.21. The predicted molar refractivity (Wildman–Crippen MR) is 52.5 cm³/mol. The van der Waals surface area contributed by atoms with E-state index in [4.69, 9.17) is 11.6 Å². The van der Waals surface area contributed by atoms with Gasteiger partial charge in [-0.15, -0.1) is 11.3 Å². The molecule has 1 aliphatic rings. The lowest BCUT2D eigenvalue weighted by Gasteiger charge is -1.96. The highest BCUT2D eigenvalue weighted by atomic mass is 35.5. The van der Waals surface area contributed by atoms with Gasteiger partial charge in [-0.3, -0.25) is 0 Å². The summed E-state index contributed by atoms with van der Waals surface area (Å²) in [5, 5.41) is 12.1. The Morgan fingerprint density at radius 1 is 1.58 bits per heavy atom. The van der Waals surface area contributed by atoms with E-state index in [1.807, 2.05) is 17.5 Å². The minimum Gasteiger partial charge on any atom is -0.389 e. The van der Waals surface area contributed by atoms with Crippen molar-refractivity contribution in [3.63, 3.8) is 0 Å². The molecule has 64 valence electrons. The van der Waals surface area contributed by atoms with Crippen molar-refractivity contribution < 1.29 is 5.11 Å². The SMILES string of the molecule is OC1C=C(c2sccc2Cl)CC1. The van der Waals surface area contributed by atoms with Gasteiger partial charge < -0.3 is 5.11 Å². The van der Waals surface area contributed by atoms with Crippen molar-refractivity contribution >= 4 is 28.5 Å². The van der Waals surface area contributed by atoms with Crippen LogP contribution in [0.1, 0.15) is 17.7 Å². The molecule has 1 aromatic heterocycles. The van der Waals surface area contributed by atoms with Crippen LogP contribution in [0.4, 0.5) is 0 Å². The largest absolute Gasteiger partial charge is 0.389 e. The highest BCUT2D eigenvalue weighted by Gasteiger charge is 2.16. The van der Waals surface area contributed by atoms with Crippen molar-refractivity contribution in [1.82, 2.24) is 0 Å². The van der Waals surface area contributed by atoms with Gasteiger partial charge in [0.15, 0.2) is 0 Å². The molecule has 3 heteroatoms. The lowest BCUT2D eigenvalue weighted by atomic mass is 10.2. The molecule has 1 atom stereocenters. The average Bonchev–Trinajstić information content (AvgIpc) is 2.58. The first kappa shape index (κ1) is 8.30. The Kier molecular flexibility index (Phi) is 2.22. The Bertz CT molecular complexity index is 316. The van der Waals surface area contributed by atoms with Gasteiger partial charge in [0.1, 0.15) is 0 Å². The summed E-state index contributed by atoms with van der Waals surface area (Å²) in [6.45, 7) is 0. The van der Waals surface area contributed by atoms with Crippen LogP contribution >= 0.6 is 22.9 Å². The van der Waals surface area contributed by atoms with Crippen LogP contribution in [0.15, 0.2) is 17.5 Å². The van der Waals surface area contributed by atoms with Crippen molar-refractivity contribution in [2.45, 2.75) is 18.9 Å². The second-order valence-electron chi connectivity index (χ2n) is 2.90. The minimum absolute atomic E-state index is 0.266. The van der Waals surface area contributed by atoms with E-state index in [1.165, 1.54) is 5.57 Å². The second-order valence-corrected chi connectivity index (χ2v) is 4.22. The molecule has 0 aromatic carbocycles. The van der Waals surface area contributed by atoms with E-state index in [-0.39, 0.29) is 6.10 Å². The van der Waals surface area contributed by atoms with Crippen LogP contribution in [0, 0.1) is 0 Å². The van der Waals surface area contributed by atoms with E-state index in [0.29, 0.717) is 0 Å². The van der Waals surface area contributed by atoms with Gasteiger partial charge in [0.25, 0.3) is 0 Å². The number of halogens is 1. The van der Waals surface area contributed by atoms with E-state index in [9.17, 15) is 5.11 Å². The Morgan fingerprint density at radius 3 is 2.92 bits per heavy atom. The standard InChI is InChI=1S/C9H9ClOS/c10-8-3-4-12-9(8)6-1-2-7(11)5-6/h3-5,7,11H,1-2H2. The maximum absolute atomic E-state index is 9.27. The normalized spacial score (nSPS) is 22.8. The lowest BCUT2D eigenvalue weighted by molar-refractivity contribution is 0.223. The fourth-order valence-corrected chi connectivity index (χ4v) is 2.65. The Balaban J connectivity index is 2.32. The quantitative estimate of drug-likeness (QED) is 0.739. The molecule has 1 unspecified atom stereocenters. The van der Waals surface area contributed by atoms with Gasteiger partial charge >= 0.3 is 0 Å². The van der Waals surface area contributed by atoms with Crippen molar-refractivity contribution in [1.29, 1.82) is 0 Å². The van der Waals surface area contributed by atoms with Crippen molar-refractivity contribution in [3.8, 4) is 0 Å². The summed E-state index contributed by atoms with van der Waals surface area (Å²) >= 11 is 7.59. The Labute approximate surface area is 80.3 Å². The molecular weight excluding hydrogens is 192 g/mol. The summed E-state index contributed by atoms with van der Waals surface area (Å²) in [6.07, 6.45) is 3.42. The minimum atomic E-state index is -0.266. The van der Waals surface area contributed by atoms with Crippen LogP contribution in [-0.2, 0) is 0 Å². The van der Waals surface area contributed by atoms with Crippen molar-refractivity contribution in [2.24, 2.45) is 0 Å². The van der Waals surface area contributed by atoms with Gasteiger partial charge in [-0.1, -0.05) is 17.7 Å². The molecule has 0 spiro atoms. The molecule has 0 saturated heterocycles. The Morgan fingerprint density at radius 2 is 2.42 bits per heavy atom. The number of aliphatic hydroxyl groups excluding tert-OH is 1. The fourth-order valence-electron chi connectivity index (χ4n) is 1.41. The molecule has 0 amide bonds. The Hall–Kier alpha value is -0.310. The summed E-state index contributed by atoms with van der Waals surface area (Å²) in [5.74, 6) is 0. The maximum Gasteiger partial charge on any atom is 0.0730 e. The molecular formula is C9H9ClOS. The predicted octanol–water partition coefficient (Wildman–Crippen LogP) is 2.94. The maximum atomic E-state index is 9.27. The first-order valence-corrected chi connectivity index (χ1v) is 5.15.